The molecule has 88 valence electrons. The van der Waals surface area contributed by atoms with E-state index in [9.17, 15) is 4.79 Å². The molecule has 0 unspecified atom stereocenters. The van der Waals surface area contributed by atoms with Crippen LogP contribution >= 0.6 is 31.9 Å². The second-order valence-electron chi connectivity index (χ2n) is 3.51. The van der Waals surface area contributed by atoms with Crippen LogP contribution in [0.1, 0.15) is 30.6 Å². The standard InChI is InChI=1S/C12H15Br2NO/c1-3-7-15(4-2)12(16)10-6-5-9(13)8-11(10)14/h5-6,8H,3-4,7H2,1-2H3. The minimum absolute atomic E-state index is 0.0868. The Kier molecular flexibility index (Phi) is 5.49. The number of carbonyl (C=O) groups is 1. The molecule has 0 N–H and O–H groups in total. The van der Waals surface area contributed by atoms with E-state index < -0.39 is 0 Å². The van der Waals surface area contributed by atoms with Gasteiger partial charge in [0.1, 0.15) is 0 Å². The zero-order chi connectivity index (χ0) is 12.1. The molecule has 0 heterocycles. The molecule has 0 aliphatic carbocycles. The molecule has 0 atom stereocenters. The van der Waals surface area contributed by atoms with Gasteiger partial charge in [0.05, 0.1) is 5.56 Å². The molecule has 16 heavy (non-hydrogen) atoms. The first-order chi connectivity index (χ1) is 7.60. The summed E-state index contributed by atoms with van der Waals surface area (Å²) in [6.45, 7) is 5.62. The second kappa shape index (κ2) is 6.40. The van der Waals surface area contributed by atoms with Crippen LogP contribution in [0.3, 0.4) is 0 Å². The molecule has 1 rings (SSSR count). The monoisotopic (exact) mass is 347 g/mol. The average molecular weight is 349 g/mol. The lowest BCUT2D eigenvalue weighted by atomic mass is 10.2. The van der Waals surface area contributed by atoms with E-state index in [1.807, 2.05) is 30.0 Å². The maximum Gasteiger partial charge on any atom is 0.254 e. The van der Waals surface area contributed by atoms with E-state index in [4.69, 9.17) is 0 Å². The molecule has 2 nitrogen and oxygen atoms in total. The lowest BCUT2D eigenvalue weighted by Gasteiger charge is -2.20. The lowest BCUT2D eigenvalue weighted by molar-refractivity contribution is 0.0763. The summed E-state index contributed by atoms with van der Waals surface area (Å²) >= 11 is 6.79. The van der Waals surface area contributed by atoms with Crippen LogP contribution in [0.5, 0.6) is 0 Å². The smallest absolute Gasteiger partial charge is 0.254 e. The summed E-state index contributed by atoms with van der Waals surface area (Å²) < 4.78 is 1.80. The van der Waals surface area contributed by atoms with Crippen molar-refractivity contribution in [2.24, 2.45) is 0 Å². The highest BCUT2D eigenvalue weighted by Crippen LogP contribution is 2.23. The number of halogens is 2. The SMILES string of the molecule is CCCN(CC)C(=O)c1ccc(Br)cc1Br. The van der Waals surface area contributed by atoms with Gasteiger partial charge in [0.15, 0.2) is 0 Å². The van der Waals surface area contributed by atoms with E-state index in [0.29, 0.717) is 0 Å². The molecule has 1 aromatic rings. The van der Waals surface area contributed by atoms with Crippen LogP contribution in [0, 0.1) is 0 Å². The van der Waals surface area contributed by atoms with Crippen molar-refractivity contribution in [3.8, 4) is 0 Å². The summed E-state index contributed by atoms with van der Waals surface area (Å²) in [5.41, 5.74) is 0.721. The van der Waals surface area contributed by atoms with Gasteiger partial charge in [0, 0.05) is 22.0 Å². The average Bonchev–Trinajstić information content (AvgIpc) is 2.25. The van der Waals surface area contributed by atoms with Crippen molar-refractivity contribution in [1.82, 2.24) is 4.90 Å². The normalized spacial score (nSPS) is 10.2. The van der Waals surface area contributed by atoms with Crippen LogP contribution in [0.15, 0.2) is 27.1 Å². The number of nitrogens with zero attached hydrogens (tertiary/aromatic N) is 1. The molecule has 0 aliphatic heterocycles. The fraction of sp³-hybridized carbons (Fsp3) is 0.417. The molecule has 0 radical (unpaired) electrons. The molecule has 0 fully saturated rings. The minimum Gasteiger partial charge on any atom is -0.339 e. The summed E-state index contributed by atoms with van der Waals surface area (Å²) in [5, 5.41) is 0. The first-order valence-corrected chi connectivity index (χ1v) is 6.93. The van der Waals surface area contributed by atoms with Crippen molar-refractivity contribution in [1.29, 1.82) is 0 Å². The van der Waals surface area contributed by atoms with E-state index in [1.54, 1.807) is 0 Å². The Labute approximate surface area is 113 Å². The van der Waals surface area contributed by atoms with Gasteiger partial charge in [-0.1, -0.05) is 22.9 Å². The molecule has 4 heteroatoms. The highest BCUT2D eigenvalue weighted by atomic mass is 79.9. The zero-order valence-corrected chi connectivity index (χ0v) is 12.6. The van der Waals surface area contributed by atoms with Gasteiger partial charge in [-0.15, -0.1) is 0 Å². The van der Waals surface area contributed by atoms with E-state index in [2.05, 4.69) is 38.8 Å². The van der Waals surface area contributed by atoms with Gasteiger partial charge in [-0.05, 0) is 47.5 Å². The first-order valence-electron chi connectivity index (χ1n) is 5.34. The van der Waals surface area contributed by atoms with Crippen molar-refractivity contribution >= 4 is 37.8 Å². The van der Waals surface area contributed by atoms with E-state index in [1.165, 1.54) is 0 Å². The van der Waals surface area contributed by atoms with Crippen molar-refractivity contribution in [2.75, 3.05) is 13.1 Å². The quantitative estimate of drug-likeness (QED) is 0.802. The van der Waals surface area contributed by atoms with Gasteiger partial charge in [-0.3, -0.25) is 4.79 Å². The molecule has 0 saturated heterocycles. The predicted molar refractivity (Wildman–Crippen MR) is 73.7 cm³/mol. The van der Waals surface area contributed by atoms with Gasteiger partial charge >= 0.3 is 0 Å². The fourth-order valence-corrected chi connectivity index (χ4v) is 2.72. The lowest BCUT2D eigenvalue weighted by Crippen LogP contribution is -2.31. The summed E-state index contributed by atoms with van der Waals surface area (Å²) in [6, 6.07) is 5.62. The molecule has 1 amide bonds. The van der Waals surface area contributed by atoms with Gasteiger partial charge in [-0.2, -0.15) is 0 Å². The molecular weight excluding hydrogens is 334 g/mol. The van der Waals surface area contributed by atoms with Crippen LogP contribution in [0.2, 0.25) is 0 Å². The summed E-state index contributed by atoms with van der Waals surface area (Å²) in [4.78, 5) is 14.0. The molecule has 0 saturated carbocycles. The second-order valence-corrected chi connectivity index (χ2v) is 5.28. The summed E-state index contributed by atoms with van der Waals surface area (Å²) in [7, 11) is 0. The first kappa shape index (κ1) is 13.7. The van der Waals surface area contributed by atoms with Crippen molar-refractivity contribution in [3.05, 3.63) is 32.7 Å². The highest BCUT2D eigenvalue weighted by molar-refractivity contribution is 9.11. The van der Waals surface area contributed by atoms with Gasteiger partial charge < -0.3 is 4.90 Å². The summed E-state index contributed by atoms with van der Waals surface area (Å²) in [6.07, 6.45) is 0.980. The van der Waals surface area contributed by atoms with Crippen LogP contribution in [-0.2, 0) is 0 Å². The Morgan fingerprint density at radius 2 is 2.00 bits per heavy atom. The number of benzene rings is 1. The third kappa shape index (κ3) is 3.32. The summed E-state index contributed by atoms with van der Waals surface area (Å²) in [5.74, 6) is 0.0868. The van der Waals surface area contributed by atoms with Crippen molar-refractivity contribution < 1.29 is 4.79 Å². The molecular formula is C12H15Br2NO. The van der Waals surface area contributed by atoms with Crippen LogP contribution in [0.4, 0.5) is 0 Å². The van der Waals surface area contributed by atoms with E-state index in [-0.39, 0.29) is 5.91 Å². The molecule has 0 bridgehead atoms. The Morgan fingerprint density at radius 1 is 1.31 bits per heavy atom. The topological polar surface area (TPSA) is 20.3 Å². The third-order valence-electron chi connectivity index (χ3n) is 2.32. The van der Waals surface area contributed by atoms with Crippen LogP contribution in [0.25, 0.3) is 0 Å². The maximum atomic E-state index is 12.2. The maximum absolute atomic E-state index is 12.2. The van der Waals surface area contributed by atoms with Gasteiger partial charge in [0.25, 0.3) is 5.91 Å². The Hall–Kier alpha value is -0.350. The Balaban J connectivity index is 2.94. The van der Waals surface area contributed by atoms with Gasteiger partial charge in [0.2, 0.25) is 0 Å². The number of hydrogen-bond donors (Lipinski definition) is 0. The number of carbonyl (C=O) groups excluding carboxylic acids is 1. The number of amides is 1. The van der Waals surface area contributed by atoms with E-state index >= 15 is 0 Å². The molecule has 1 aromatic carbocycles. The van der Waals surface area contributed by atoms with Crippen LogP contribution < -0.4 is 0 Å². The Bertz CT molecular complexity index is 379. The molecule has 0 aliphatic rings. The Morgan fingerprint density at radius 3 is 2.50 bits per heavy atom. The fourth-order valence-electron chi connectivity index (χ4n) is 1.51. The van der Waals surface area contributed by atoms with Crippen LogP contribution in [-0.4, -0.2) is 23.9 Å². The predicted octanol–water partition coefficient (Wildman–Crippen LogP) is 4.08. The van der Waals surface area contributed by atoms with Crippen molar-refractivity contribution in [3.63, 3.8) is 0 Å². The van der Waals surface area contributed by atoms with Crippen molar-refractivity contribution in [2.45, 2.75) is 20.3 Å². The molecule has 0 spiro atoms. The number of rotatable bonds is 4. The number of hydrogen-bond acceptors (Lipinski definition) is 1. The van der Waals surface area contributed by atoms with Gasteiger partial charge in [-0.25, -0.2) is 0 Å². The molecule has 0 aromatic heterocycles. The minimum atomic E-state index is 0.0868. The zero-order valence-electron chi connectivity index (χ0n) is 9.46. The highest BCUT2D eigenvalue weighted by Gasteiger charge is 2.15. The van der Waals surface area contributed by atoms with E-state index in [0.717, 1.165) is 34.0 Å². The largest absolute Gasteiger partial charge is 0.339 e. The third-order valence-corrected chi connectivity index (χ3v) is 3.47.